The topological polar surface area (TPSA) is 105 Å². The van der Waals surface area contributed by atoms with Gasteiger partial charge >= 0.3 is 5.97 Å². The third kappa shape index (κ3) is 4.92. The molecule has 2 rings (SSSR count). The van der Waals surface area contributed by atoms with Gasteiger partial charge in [0.15, 0.2) is 0 Å². The SMILES string of the molecule is CC(NC(=O)C1CCCC1)C(=O)NC1(CC(=O)O)CCOCC1. The lowest BCUT2D eigenvalue weighted by atomic mass is 9.86. The monoisotopic (exact) mass is 326 g/mol. The number of carbonyl (C=O) groups excluding carboxylic acids is 2. The molecule has 1 unspecified atom stereocenters. The fraction of sp³-hybridized carbons (Fsp3) is 0.812. The van der Waals surface area contributed by atoms with Crippen molar-refractivity contribution in [1.82, 2.24) is 10.6 Å². The molecule has 1 atom stereocenters. The Balaban J connectivity index is 1.91. The van der Waals surface area contributed by atoms with Crippen LogP contribution in [0.3, 0.4) is 0 Å². The molecule has 1 aliphatic heterocycles. The first-order valence-electron chi connectivity index (χ1n) is 8.34. The van der Waals surface area contributed by atoms with Gasteiger partial charge in [-0.25, -0.2) is 0 Å². The van der Waals surface area contributed by atoms with E-state index in [2.05, 4.69) is 10.6 Å². The summed E-state index contributed by atoms with van der Waals surface area (Å²) >= 11 is 0. The standard InChI is InChI=1S/C16H26N2O5/c1-11(17-15(22)12-4-2-3-5-12)14(21)18-16(10-13(19)20)6-8-23-9-7-16/h11-12H,2-10H2,1H3,(H,17,22)(H,18,21)(H,19,20). The third-order valence-electron chi connectivity index (χ3n) is 4.81. The number of aliphatic carboxylic acids is 1. The number of ether oxygens (including phenoxy) is 1. The van der Waals surface area contributed by atoms with Gasteiger partial charge in [0.25, 0.3) is 0 Å². The van der Waals surface area contributed by atoms with E-state index in [1.54, 1.807) is 6.92 Å². The Hall–Kier alpha value is -1.63. The first-order chi connectivity index (χ1) is 10.9. The van der Waals surface area contributed by atoms with Crippen LogP contribution >= 0.6 is 0 Å². The first kappa shape index (κ1) is 17.7. The van der Waals surface area contributed by atoms with Crippen LogP contribution in [0.15, 0.2) is 0 Å². The molecule has 1 heterocycles. The van der Waals surface area contributed by atoms with E-state index in [1.807, 2.05) is 0 Å². The second kappa shape index (κ2) is 7.77. The molecular formula is C16H26N2O5. The van der Waals surface area contributed by atoms with Crippen LogP contribution in [0.25, 0.3) is 0 Å². The summed E-state index contributed by atoms with van der Waals surface area (Å²) < 4.78 is 5.27. The smallest absolute Gasteiger partial charge is 0.305 e. The summed E-state index contributed by atoms with van der Waals surface area (Å²) in [5, 5.41) is 14.7. The molecule has 130 valence electrons. The maximum atomic E-state index is 12.4. The van der Waals surface area contributed by atoms with E-state index in [4.69, 9.17) is 9.84 Å². The van der Waals surface area contributed by atoms with Gasteiger partial charge in [0, 0.05) is 19.1 Å². The van der Waals surface area contributed by atoms with Gasteiger partial charge in [-0.3, -0.25) is 14.4 Å². The summed E-state index contributed by atoms with van der Waals surface area (Å²) in [7, 11) is 0. The zero-order chi connectivity index (χ0) is 16.9. The Morgan fingerprint density at radius 1 is 1.22 bits per heavy atom. The number of carboxylic acid groups (broad SMARTS) is 1. The van der Waals surface area contributed by atoms with E-state index >= 15 is 0 Å². The summed E-state index contributed by atoms with van der Waals surface area (Å²) in [5.41, 5.74) is -0.784. The molecule has 0 spiro atoms. The Labute approximate surface area is 136 Å². The van der Waals surface area contributed by atoms with Gasteiger partial charge < -0.3 is 20.5 Å². The van der Waals surface area contributed by atoms with Crippen molar-refractivity contribution in [1.29, 1.82) is 0 Å². The number of carboxylic acids is 1. The van der Waals surface area contributed by atoms with Crippen LogP contribution in [0.2, 0.25) is 0 Å². The van der Waals surface area contributed by atoms with E-state index < -0.39 is 17.6 Å². The van der Waals surface area contributed by atoms with Crippen molar-refractivity contribution in [2.75, 3.05) is 13.2 Å². The Bertz CT molecular complexity index is 453. The quantitative estimate of drug-likeness (QED) is 0.670. The van der Waals surface area contributed by atoms with Crippen molar-refractivity contribution in [3.63, 3.8) is 0 Å². The summed E-state index contributed by atoms with van der Waals surface area (Å²) in [6.07, 6.45) is 4.66. The highest BCUT2D eigenvalue weighted by Gasteiger charge is 2.37. The lowest BCUT2D eigenvalue weighted by Crippen LogP contribution is -2.58. The van der Waals surface area contributed by atoms with Crippen molar-refractivity contribution >= 4 is 17.8 Å². The van der Waals surface area contributed by atoms with E-state index in [0.717, 1.165) is 25.7 Å². The van der Waals surface area contributed by atoms with Crippen LogP contribution < -0.4 is 10.6 Å². The molecule has 2 amide bonds. The minimum Gasteiger partial charge on any atom is -0.481 e. The van der Waals surface area contributed by atoms with Crippen LogP contribution in [0.1, 0.15) is 51.9 Å². The van der Waals surface area contributed by atoms with Crippen LogP contribution in [-0.2, 0) is 19.1 Å². The number of amides is 2. The Morgan fingerprint density at radius 3 is 2.39 bits per heavy atom. The number of rotatable bonds is 6. The molecule has 3 N–H and O–H groups in total. The molecule has 0 radical (unpaired) electrons. The molecule has 1 aliphatic carbocycles. The van der Waals surface area contributed by atoms with Gasteiger partial charge in [-0.2, -0.15) is 0 Å². The second-order valence-electron chi connectivity index (χ2n) is 6.66. The minimum atomic E-state index is -0.949. The molecule has 0 aromatic carbocycles. The zero-order valence-electron chi connectivity index (χ0n) is 13.6. The van der Waals surface area contributed by atoms with E-state index in [0.29, 0.717) is 26.1 Å². The fourth-order valence-electron chi connectivity index (χ4n) is 3.35. The maximum absolute atomic E-state index is 12.4. The van der Waals surface area contributed by atoms with Crippen LogP contribution in [-0.4, -0.2) is 47.7 Å². The molecule has 0 bridgehead atoms. The Kier molecular flexibility index (Phi) is 5.98. The number of carbonyl (C=O) groups is 3. The highest BCUT2D eigenvalue weighted by Crippen LogP contribution is 2.26. The van der Waals surface area contributed by atoms with Gasteiger partial charge in [0.1, 0.15) is 6.04 Å². The number of nitrogens with one attached hydrogen (secondary N) is 2. The average molecular weight is 326 g/mol. The molecule has 1 saturated heterocycles. The lowest BCUT2D eigenvalue weighted by molar-refractivity contribution is -0.141. The third-order valence-corrected chi connectivity index (χ3v) is 4.81. The highest BCUT2D eigenvalue weighted by atomic mass is 16.5. The van der Waals surface area contributed by atoms with Crippen molar-refractivity contribution in [3.8, 4) is 0 Å². The maximum Gasteiger partial charge on any atom is 0.305 e. The molecular weight excluding hydrogens is 300 g/mol. The summed E-state index contributed by atoms with van der Waals surface area (Å²) in [6.45, 7) is 2.49. The van der Waals surface area contributed by atoms with Gasteiger partial charge in [-0.05, 0) is 32.6 Å². The van der Waals surface area contributed by atoms with Crippen LogP contribution in [0, 0.1) is 5.92 Å². The van der Waals surface area contributed by atoms with Crippen molar-refractivity contribution < 1.29 is 24.2 Å². The highest BCUT2D eigenvalue weighted by molar-refractivity contribution is 5.89. The molecule has 7 nitrogen and oxygen atoms in total. The van der Waals surface area contributed by atoms with Crippen LogP contribution in [0.5, 0.6) is 0 Å². The lowest BCUT2D eigenvalue weighted by Gasteiger charge is -2.37. The molecule has 0 aromatic heterocycles. The van der Waals surface area contributed by atoms with Gasteiger partial charge in [0.2, 0.25) is 11.8 Å². The van der Waals surface area contributed by atoms with Gasteiger partial charge in [-0.15, -0.1) is 0 Å². The molecule has 2 fully saturated rings. The molecule has 0 aromatic rings. The van der Waals surface area contributed by atoms with E-state index in [-0.39, 0.29) is 24.2 Å². The van der Waals surface area contributed by atoms with Gasteiger partial charge in [-0.1, -0.05) is 12.8 Å². The molecule has 2 aliphatic rings. The average Bonchev–Trinajstić information content (AvgIpc) is 3.01. The molecule has 7 heteroatoms. The largest absolute Gasteiger partial charge is 0.481 e. The van der Waals surface area contributed by atoms with Crippen molar-refractivity contribution in [2.45, 2.75) is 63.5 Å². The minimum absolute atomic E-state index is 0.00121. The van der Waals surface area contributed by atoms with E-state index in [9.17, 15) is 14.4 Å². The number of hydrogen-bond acceptors (Lipinski definition) is 4. The molecule has 23 heavy (non-hydrogen) atoms. The Morgan fingerprint density at radius 2 is 1.83 bits per heavy atom. The number of hydrogen-bond donors (Lipinski definition) is 3. The zero-order valence-corrected chi connectivity index (χ0v) is 13.6. The summed E-state index contributed by atoms with van der Waals surface area (Å²) in [4.78, 5) is 35.6. The first-order valence-corrected chi connectivity index (χ1v) is 8.34. The predicted octanol–water partition coefficient (Wildman–Crippen LogP) is 0.821. The van der Waals surface area contributed by atoms with Crippen molar-refractivity contribution in [3.05, 3.63) is 0 Å². The predicted molar refractivity (Wildman–Crippen MR) is 82.7 cm³/mol. The van der Waals surface area contributed by atoms with Gasteiger partial charge in [0.05, 0.1) is 12.0 Å². The fourth-order valence-corrected chi connectivity index (χ4v) is 3.35. The summed E-state index contributed by atoms with van der Waals surface area (Å²) in [6, 6.07) is -0.670. The normalized spacial score (nSPS) is 22.3. The van der Waals surface area contributed by atoms with E-state index in [1.165, 1.54) is 0 Å². The van der Waals surface area contributed by atoms with Crippen molar-refractivity contribution in [2.24, 2.45) is 5.92 Å². The van der Waals surface area contributed by atoms with Crippen LogP contribution in [0.4, 0.5) is 0 Å². The molecule has 1 saturated carbocycles. The second-order valence-corrected chi connectivity index (χ2v) is 6.66. The summed E-state index contributed by atoms with van der Waals surface area (Å²) in [5.74, 6) is -1.36.